The van der Waals surface area contributed by atoms with E-state index in [1.165, 1.54) is 11.1 Å². The second-order valence-corrected chi connectivity index (χ2v) is 5.24. The van der Waals surface area contributed by atoms with Gasteiger partial charge in [-0.3, -0.25) is 4.79 Å². The Morgan fingerprint density at radius 3 is 2.38 bits per heavy atom. The van der Waals surface area contributed by atoms with Crippen LogP contribution >= 0.6 is 0 Å². The van der Waals surface area contributed by atoms with Crippen molar-refractivity contribution >= 4 is 5.91 Å². The second kappa shape index (κ2) is 6.93. The lowest BCUT2D eigenvalue weighted by atomic mass is 10.1. The van der Waals surface area contributed by atoms with E-state index < -0.39 is 0 Å². The molecule has 0 spiro atoms. The summed E-state index contributed by atoms with van der Waals surface area (Å²) in [7, 11) is 0. The third-order valence-electron chi connectivity index (χ3n) is 3.24. The third-order valence-corrected chi connectivity index (χ3v) is 3.24. The van der Waals surface area contributed by atoms with E-state index in [1.807, 2.05) is 57.2 Å². The van der Waals surface area contributed by atoms with Crippen LogP contribution in [0.25, 0.3) is 0 Å². The number of benzene rings is 2. The lowest BCUT2D eigenvalue weighted by molar-refractivity contribution is 0.0946. The predicted molar refractivity (Wildman–Crippen MR) is 84.9 cm³/mol. The van der Waals surface area contributed by atoms with Crippen LogP contribution in [0, 0.1) is 20.8 Å². The summed E-state index contributed by atoms with van der Waals surface area (Å²) >= 11 is 0. The van der Waals surface area contributed by atoms with Gasteiger partial charge in [0, 0.05) is 5.56 Å². The highest BCUT2D eigenvalue weighted by atomic mass is 16.5. The van der Waals surface area contributed by atoms with Crippen molar-refractivity contribution in [3.63, 3.8) is 0 Å². The smallest absolute Gasteiger partial charge is 0.251 e. The van der Waals surface area contributed by atoms with Gasteiger partial charge < -0.3 is 10.1 Å². The Labute approximate surface area is 126 Å². The van der Waals surface area contributed by atoms with Gasteiger partial charge in [0.15, 0.2) is 0 Å². The van der Waals surface area contributed by atoms with Gasteiger partial charge in [0.25, 0.3) is 5.91 Å². The Hall–Kier alpha value is -2.29. The molecule has 0 aliphatic carbocycles. The summed E-state index contributed by atoms with van der Waals surface area (Å²) in [5.41, 5.74) is 4.04. The molecule has 0 fully saturated rings. The van der Waals surface area contributed by atoms with Gasteiger partial charge in [-0.25, -0.2) is 0 Å². The Balaban J connectivity index is 1.82. The van der Waals surface area contributed by atoms with Crippen molar-refractivity contribution in [2.45, 2.75) is 20.8 Å². The fourth-order valence-electron chi connectivity index (χ4n) is 2.27. The molecule has 0 bridgehead atoms. The first-order valence-corrected chi connectivity index (χ1v) is 7.11. The fourth-order valence-corrected chi connectivity index (χ4v) is 2.27. The van der Waals surface area contributed by atoms with Crippen LogP contribution in [0.15, 0.2) is 42.5 Å². The summed E-state index contributed by atoms with van der Waals surface area (Å²) in [6.07, 6.45) is 0. The first-order valence-electron chi connectivity index (χ1n) is 7.11. The first kappa shape index (κ1) is 15.1. The van der Waals surface area contributed by atoms with Crippen LogP contribution in [0.2, 0.25) is 0 Å². The van der Waals surface area contributed by atoms with Crippen molar-refractivity contribution in [3.05, 3.63) is 64.7 Å². The van der Waals surface area contributed by atoms with E-state index in [2.05, 4.69) is 11.4 Å². The summed E-state index contributed by atoms with van der Waals surface area (Å²) in [4.78, 5) is 12.0. The molecule has 110 valence electrons. The topological polar surface area (TPSA) is 38.3 Å². The lowest BCUT2D eigenvalue weighted by Crippen LogP contribution is -2.28. The Morgan fingerprint density at radius 2 is 1.71 bits per heavy atom. The van der Waals surface area contributed by atoms with E-state index in [9.17, 15) is 4.79 Å². The van der Waals surface area contributed by atoms with Crippen LogP contribution in [0.4, 0.5) is 0 Å². The summed E-state index contributed by atoms with van der Waals surface area (Å²) in [6.45, 7) is 6.96. The zero-order valence-electron chi connectivity index (χ0n) is 12.8. The number of aryl methyl sites for hydroxylation is 3. The second-order valence-electron chi connectivity index (χ2n) is 5.24. The highest BCUT2D eigenvalue weighted by molar-refractivity contribution is 5.95. The van der Waals surface area contributed by atoms with Gasteiger partial charge >= 0.3 is 0 Å². The summed E-state index contributed by atoms with van der Waals surface area (Å²) < 4.78 is 5.67. The largest absolute Gasteiger partial charge is 0.492 e. The summed E-state index contributed by atoms with van der Waals surface area (Å²) in [6, 6.07) is 13.7. The van der Waals surface area contributed by atoms with Gasteiger partial charge in [-0.1, -0.05) is 24.3 Å². The highest BCUT2D eigenvalue weighted by Gasteiger charge is 2.07. The number of carbonyl (C=O) groups is 1. The molecule has 0 saturated heterocycles. The van der Waals surface area contributed by atoms with Crippen LogP contribution in [-0.2, 0) is 0 Å². The van der Waals surface area contributed by atoms with E-state index in [4.69, 9.17) is 4.74 Å². The van der Waals surface area contributed by atoms with Crippen molar-refractivity contribution in [3.8, 4) is 5.75 Å². The third kappa shape index (κ3) is 4.35. The van der Waals surface area contributed by atoms with Crippen molar-refractivity contribution in [1.82, 2.24) is 5.32 Å². The average molecular weight is 283 g/mol. The van der Waals surface area contributed by atoms with Crippen molar-refractivity contribution < 1.29 is 9.53 Å². The number of amides is 1. The Kier molecular flexibility index (Phi) is 4.99. The SMILES string of the molecule is Cc1cc(C)cc(OCCNC(=O)c2ccccc2C)c1. The lowest BCUT2D eigenvalue weighted by Gasteiger charge is -2.10. The van der Waals surface area contributed by atoms with E-state index in [0.29, 0.717) is 18.7 Å². The van der Waals surface area contributed by atoms with Crippen LogP contribution in [-0.4, -0.2) is 19.1 Å². The number of nitrogens with one attached hydrogen (secondary N) is 1. The Morgan fingerprint density at radius 1 is 1.05 bits per heavy atom. The molecule has 0 saturated carbocycles. The molecule has 0 aliphatic rings. The van der Waals surface area contributed by atoms with E-state index >= 15 is 0 Å². The number of hydrogen-bond acceptors (Lipinski definition) is 2. The number of rotatable bonds is 5. The molecule has 0 radical (unpaired) electrons. The number of hydrogen-bond donors (Lipinski definition) is 1. The fraction of sp³-hybridized carbons (Fsp3) is 0.278. The minimum atomic E-state index is -0.0582. The Bertz CT molecular complexity index is 615. The molecule has 3 heteroatoms. The zero-order valence-corrected chi connectivity index (χ0v) is 12.8. The van der Waals surface area contributed by atoms with Gasteiger partial charge in [0.2, 0.25) is 0 Å². The van der Waals surface area contributed by atoms with E-state index in [0.717, 1.165) is 11.3 Å². The van der Waals surface area contributed by atoms with Gasteiger partial charge in [-0.15, -0.1) is 0 Å². The minimum Gasteiger partial charge on any atom is -0.492 e. The standard InChI is InChI=1S/C18H21NO2/c1-13-10-14(2)12-16(11-13)21-9-8-19-18(20)17-7-5-4-6-15(17)3/h4-7,10-12H,8-9H2,1-3H3,(H,19,20). The highest BCUT2D eigenvalue weighted by Crippen LogP contribution is 2.15. The molecule has 2 rings (SSSR count). The van der Waals surface area contributed by atoms with Gasteiger partial charge in [-0.05, 0) is 55.7 Å². The molecular formula is C18H21NO2. The molecule has 1 N–H and O–H groups in total. The van der Waals surface area contributed by atoms with Crippen molar-refractivity contribution in [2.75, 3.05) is 13.2 Å². The normalized spacial score (nSPS) is 10.2. The molecule has 0 heterocycles. The molecule has 0 unspecified atom stereocenters. The zero-order chi connectivity index (χ0) is 15.2. The van der Waals surface area contributed by atoms with Crippen LogP contribution in [0.3, 0.4) is 0 Å². The van der Waals surface area contributed by atoms with Gasteiger partial charge in [-0.2, -0.15) is 0 Å². The molecule has 2 aromatic rings. The molecule has 0 aromatic heterocycles. The predicted octanol–water partition coefficient (Wildman–Crippen LogP) is 3.42. The van der Waals surface area contributed by atoms with Crippen molar-refractivity contribution in [2.24, 2.45) is 0 Å². The van der Waals surface area contributed by atoms with E-state index in [-0.39, 0.29) is 5.91 Å². The maximum absolute atomic E-state index is 12.0. The minimum absolute atomic E-state index is 0.0582. The maximum Gasteiger partial charge on any atom is 0.251 e. The van der Waals surface area contributed by atoms with Crippen molar-refractivity contribution in [1.29, 1.82) is 0 Å². The maximum atomic E-state index is 12.0. The summed E-state index contributed by atoms with van der Waals surface area (Å²) in [5, 5.41) is 2.88. The van der Waals surface area contributed by atoms with E-state index in [1.54, 1.807) is 0 Å². The quantitative estimate of drug-likeness (QED) is 0.854. The molecular weight excluding hydrogens is 262 g/mol. The monoisotopic (exact) mass is 283 g/mol. The molecule has 3 nitrogen and oxygen atoms in total. The molecule has 0 atom stereocenters. The molecule has 2 aromatic carbocycles. The molecule has 0 aliphatic heterocycles. The van der Waals surface area contributed by atoms with Crippen LogP contribution in [0.1, 0.15) is 27.0 Å². The van der Waals surface area contributed by atoms with Gasteiger partial charge in [0.05, 0.1) is 6.54 Å². The number of ether oxygens (including phenoxy) is 1. The number of carbonyl (C=O) groups excluding carboxylic acids is 1. The average Bonchev–Trinajstić information content (AvgIpc) is 2.43. The van der Waals surface area contributed by atoms with Crippen LogP contribution < -0.4 is 10.1 Å². The molecule has 1 amide bonds. The van der Waals surface area contributed by atoms with Gasteiger partial charge in [0.1, 0.15) is 12.4 Å². The van der Waals surface area contributed by atoms with Crippen LogP contribution in [0.5, 0.6) is 5.75 Å². The molecule has 21 heavy (non-hydrogen) atoms. The first-order chi connectivity index (χ1) is 10.1. The summed E-state index contributed by atoms with van der Waals surface area (Å²) in [5.74, 6) is 0.787.